The Morgan fingerprint density at radius 1 is 0.981 bits per heavy atom. The average Bonchev–Trinajstić information content (AvgIpc) is 3.54. The van der Waals surface area contributed by atoms with E-state index < -0.39 is 55.8 Å². The molecule has 0 saturated carbocycles. The number of nitrogens with zero attached hydrogens (tertiary/aromatic N) is 2. The quantitative estimate of drug-likeness (QED) is 0.0823. The van der Waals surface area contributed by atoms with E-state index in [0.29, 0.717) is 17.0 Å². The fourth-order valence-electron chi connectivity index (χ4n) is 5.79. The molecule has 1 unspecified atom stereocenters. The third-order valence-corrected chi connectivity index (χ3v) is 10.2. The molecule has 0 aliphatic carbocycles. The number of carbonyl (C=O) groups is 5. The summed E-state index contributed by atoms with van der Waals surface area (Å²) in [5.41, 5.74) is 0.670. The largest absolute Gasteiger partial charge is 0.524 e. The summed E-state index contributed by atoms with van der Waals surface area (Å²) in [6.07, 6.45) is 0.475. The van der Waals surface area contributed by atoms with Gasteiger partial charge in [-0.25, -0.2) is 9.55 Å². The molecule has 0 aliphatic heterocycles. The minimum absolute atomic E-state index is 0.0238. The van der Waals surface area contributed by atoms with Crippen molar-refractivity contribution in [3.05, 3.63) is 45.9 Å². The Labute approximate surface area is 315 Å². The average molecular weight is 783 g/mol. The fourth-order valence-corrected chi connectivity index (χ4v) is 7.03. The van der Waals surface area contributed by atoms with Crippen LogP contribution >= 0.6 is 19.2 Å². The second-order valence-corrected chi connectivity index (χ2v) is 16.3. The number of hydrogen-bond donors (Lipinski definition) is 5. The molecule has 53 heavy (non-hydrogen) atoms. The SMILES string of the molecule is CC[C@H](C)[C@H](NC(=O)CC(C)C)C(=O)N(C)[C@H](C[C@@H](OC(C)=O)c1nc(C(=O)N[C@@H](Cc2ccc(OP(=O)(O)O)cc2)CC(C)C(=O)O)cs1)C(C)C. The molecule has 2 aromatic rings. The van der Waals surface area contributed by atoms with Crippen LogP contribution in [0.3, 0.4) is 0 Å². The van der Waals surface area contributed by atoms with Gasteiger partial charge < -0.3 is 29.9 Å². The molecule has 0 bridgehead atoms. The molecule has 0 radical (unpaired) electrons. The molecule has 1 aromatic carbocycles. The van der Waals surface area contributed by atoms with Gasteiger partial charge in [0.15, 0.2) is 6.10 Å². The number of amides is 3. The number of benzene rings is 1. The van der Waals surface area contributed by atoms with Gasteiger partial charge in [0.2, 0.25) is 11.8 Å². The first-order chi connectivity index (χ1) is 24.6. The number of thiazole rings is 1. The van der Waals surface area contributed by atoms with Crippen LogP contribution in [0.2, 0.25) is 0 Å². The minimum atomic E-state index is -4.75. The molecule has 17 heteroatoms. The number of carbonyl (C=O) groups excluding carboxylic acids is 4. The summed E-state index contributed by atoms with van der Waals surface area (Å²) >= 11 is 1.11. The van der Waals surface area contributed by atoms with E-state index in [1.54, 1.807) is 24.1 Å². The number of hydrogen-bond acceptors (Lipinski definition) is 10. The number of aromatic nitrogens is 1. The number of phosphoric ester groups is 1. The Kier molecular flexibility index (Phi) is 17.6. The van der Waals surface area contributed by atoms with E-state index in [9.17, 15) is 33.6 Å². The van der Waals surface area contributed by atoms with Gasteiger partial charge in [-0.1, -0.05) is 67.0 Å². The van der Waals surface area contributed by atoms with E-state index in [0.717, 1.165) is 11.3 Å². The number of esters is 1. The highest BCUT2D eigenvalue weighted by atomic mass is 32.1. The first kappa shape index (κ1) is 45.3. The third-order valence-electron chi connectivity index (χ3n) is 8.82. The smallest absolute Gasteiger partial charge is 0.481 e. The first-order valence-corrected chi connectivity index (χ1v) is 20.1. The van der Waals surface area contributed by atoms with E-state index in [1.807, 2.05) is 41.5 Å². The topological polar surface area (TPSA) is 222 Å². The number of ether oxygens (including phenoxy) is 1. The number of nitrogens with one attached hydrogen (secondary N) is 2. The molecule has 3 amide bonds. The lowest BCUT2D eigenvalue weighted by molar-refractivity contribution is -0.149. The second kappa shape index (κ2) is 20.6. The van der Waals surface area contributed by atoms with E-state index in [1.165, 1.54) is 31.4 Å². The predicted molar refractivity (Wildman–Crippen MR) is 199 cm³/mol. The summed E-state index contributed by atoms with van der Waals surface area (Å²) in [5.74, 6) is -3.66. The highest BCUT2D eigenvalue weighted by molar-refractivity contribution is 7.46. The van der Waals surface area contributed by atoms with Crippen molar-refractivity contribution in [3.63, 3.8) is 0 Å². The molecule has 5 N–H and O–H groups in total. The lowest BCUT2D eigenvalue weighted by Crippen LogP contribution is -2.54. The molecule has 0 saturated heterocycles. The molecular formula is C36H55N4O11PS. The number of rotatable bonds is 21. The standard InChI is InChI=1S/C36H55N4O11PS/c1-10-22(6)32(39-31(42)15-20(2)3)35(44)40(9)29(21(4)5)18-30(50-24(8)41)34-38-28(19-53-34)33(43)37-26(16-23(7)36(45)46)17-25-11-13-27(14-12-25)51-52(47,48)49/h11-14,19-23,26,29-30,32H,10,15-18H2,1-9H3,(H,37,43)(H,39,42)(H,45,46)(H2,47,48,49)/t22-,23?,26+,29+,30+,32-/m0/s1. The van der Waals surface area contributed by atoms with Crippen LogP contribution in [0.25, 0.3) is 0 Å². The highest BCUT2D eigenvalue weighted by Gasteiger charge is 2.36. The van der Waals surface area contributed by atoms with Crippen LogP contribution in [0.1, 0.15) is 108 Å². The van der Waals surface area contributed by atoms with Gasteiger partial charge in [-0.05, 0) is 48.3 Å². The van der Waals surface area contributed by atoms with Gasteiger partial charge in [-0.2, -0.15) is 0 Å². The maximum atomic E-state index is 13.9. The van der Waals surface area contributed by atoms with Crippen LogP contribution in [-0.2, 0) is 34.9 Å². The Bertz CT molecular complexity index is 1590. The number of aliphatic carboxylic acids is 1. The molecule has 6 atom stereocenters. The maximum Gasteiger partial charge on any atom is 0.524 e. The minimum Gasteiger partial charge on any atom is -0.481 e. The van der Waals surface area contributed by atoms with E-state index in [2.05, 4.69) is 20.1 Å². The van der Waals surface area contributed by atoms with Crippen molar-refractivity contribution in [1.82, 2.24) is 20.5 Å². The van der Waals surface area contributed by atoms with Crippen LogP contribution in [0.4, 0.5) is 0 Å². The van der Waals surface area contributed by atoms with Crippen LogP contribution in [0, 0.1) is 23.7 Å². The molecule has 15 nitrogen and oxygen atoms in total. The molecule has 2 rings (SSSR count). The molecule has 0 aliphatic rings. The van der Waals surface area contributed by atoms with Gasteiger partial charge in [-0.3, -0.25) is 33.8 Å². The molecule has 1 heterocycles. The van der Waals surface area contributed by atoms with Crippen LogP contribution < -0.4 is 15.2 Å². The van der Waals surface area contributed by atoms with Gasteiger partial charge in [0, 0.05) is 44.3 Å². The van der Waals surface area contributed by atoms with Crippen molar-refractivity contribution in [1.29, 1.82) is 0 Å². The van der Waals surface area contributed by atoms with Gasteiger partial charge in [0.25, 0.3) is 5.91 Å². The Balaban J connectivity index is 2.33. The number of likely N-dealkylation sites (N-methyl/N-ethyl adjacent to an activating group) is 1. The maximum absolute atomic E-state index is 13.9. The number of carboxylic acids is 1. The second-order valence-electron chi connectivity index (χ2n) is 14.3. The third kappa shape index (κ3) is 15.2. The predicted octanol–water partition coefficient (Wildman–Crippen LogP) is 5.12. The molecule has 296 valence electrons. The summed E-state index contributed by atoms with van der Waals surface area (Å²) in [4.78, 5) is 88.3. The summed E-state index contributed by atoms with van der Waals surface area (Å²) < 4.78 is 21.5. The van der Waals surface area contributed by atoms with Crippen molar-refractivity contribution in [2.75, 3.05) is 7.05 Å². The first-order valence-electron chi connectivity index (χ1n) is 17.7. The zero-order valence-electron chi connectivity index (χ0n) is 31.9. The Morgan fingerprint density at radius 3 is 2.11 bits per heavy atom. The lowest BCUT2D eigenvalue weighted by atomic mass is 9.93. The fraction of sp³-hybridized carbons (Fsp3) is 0.611. The van der Waals surface area contributed by atoms with Crippen LogP contribution in [0.15, 0.2) is 29.6 Å². The summed E-state index contributed by atoms with van der Waals surface area (Å²) in [5, 5.41) is 17.2. The number of carboxylic acid groups (broad SMARTS) is 1. The summed E-state index contributed by atoms with van der Waals surface area (Å²) in [6, 6.07) is 3.97. The van der Waals surface area contributed by atoms with Crippen molar-refractivity contribution in [2.24, 2.45) is 23.7 Å². The zero-order chi connectivity index (χ0) is 40.2. The van der Waals surface area contributed by atoms with Crippen molar-refractivity contribution in [2.45, 2.75) is 112 Å². The molecular weight excluding hydrogens is 727 g/mol. The Hall–Kier alpha value is -3.85. The van der Waals surface area contributed by atoms with Crippen LogP contribution in [0.5, 0.6) is 5.75 Å². The molecule has 0 fully saturated rings. The van der Waals surface area contributed by atoms with Crippen LogP contribution in [-0.4, -0.2) is 79.6 Å². The van der Waals surface area contributed by atoms with Gasteiger partial charge in [0.1, 0.15) is 22.5 Å². The summed E-state index contributed by atoms with van der Waals surface area (Å²) in [7, 11) is -3.09. The van der Waals surface area contributed by atoms with Crippen molar-refractivity contribution in [3.8, 4) is 5.75 Å². The Morgan fingerprint density at radius 2 is 1.60 bits per heavy atom. The van der Waals surface area contributed by atoms with E-state index >= 15 is 0 Å². The monoisotopic (exact) mass is 782 g/mol. The summed E-state index contributed by atoms with van der Waals surface area (Å²) in [6.45, 7) is 14.4. The van der Waals surface area contributed by atoms with E-state index in [-0.39, 0.29) is 66.7 Å². The van der Waals surface area contributed by atoms with Crippen molar-refractivity contribution < 1.29 is 52.7 Å². The molecule has 0 spiro atoms. The van der Waals surface area contributed by atoms with Gasteiger partial charge in [0.05, 0.1) is 5.92 Å². The lowest BCUT2D eigenvalue weighted by Gasteiger charge is -2.37. The van der Waals surface area contributed by atoms with Gasteiger partial charge >= 0.3 is 19.8 Å². The molecule has 1 aromatic heterocycles. The number of phosphoric acid groups is 1. The zero-order valence-corrected chi connectivity index (χ0v) is 33.6. The normalized spacial score (nSPS) is 15.1. The van der Waals surface area contributed by atoms with Gasteiger partial charge in [-0.15, -0.1) is 11.3 Å². The van der Waals surface area contributed by atoms with E-state index in [4.69, 9.17) is 14.5 Å². The highest BCUT2D eigenvalue weighted by Crippen LogP contribution is 2.37. The van der Waals surface area contributed by atoms with Crippen molar-refractivity contribution >= 4 is 48.8 Å².